The van der Waals surface area contributed by atoms with E-state index >= 15 is 22.4 Å². The van der Waals surface area contributed by atoms with Gasteiger partial charge in [0, 0.05) is 63.2 Å². The molecular weight excluding hydrogens is 1750 g/mol. The molecule has 13 aromatic rings. The standard InChI is InChI=1S/C121H112F4N4O2S4/c1-7-13-19-25-31-75-37-49-83(50-38-75)119(84-51-39-76(40-52-84)32-26-20-14-8-2)99-66-96-100(120(85-53-41-77(42-54-85)33-27-21-15-9-3,86-55-43-78(44-56-86)34-28-22-16-10-4)111-115(96)134-106-64-90(133-117(106)111)62-98-108(82(73-128)74-129)92-68-103(123)105(125)70-94(92)113(98)131)65-95(99)114-109(119)110-118(135-114)116-101(63-89(132-116)61-97-107(81(71-126)72-127)91-67-102(122)104(124)69-93(91)112(97)130)121(110,87-57-45-79(46-58-87)35-29-23-17-11-5)88-59-47-80(48-60-88)36-30-24-18-12-6/h37-70H,7-36H2,1-6H3/b97-61-,98-62-. The topological polar surface area (TPSA) is 129 Å². The number of nitriles is 4. The summed E-state index contributed by atoms with van der Waals surface area (Å²) in [7, 11) is 0. The molecule has 0 saturated heterocycles. The van der Waals surface area contributed by atoms with E-state index in [1.54, 1.807) is 34.8 Å². The number of rotatable bonds is 38. The summed E-state index contributed by atoms with van der Waals surface area (Å²) in [4.78, 5) is 35.8. The van der Waals surface area contributed by atoms with Gasteiger partial charge in [0.15, 0.2) is 34.8 Å². The summed E-state index contributed by atoms with van der Waals surface area (Å²) in [5.74, 6) is -6.04. The van der Waals surface area contributed by atoms with Gasteiger partial charge in [-0.25, -0.2) is 17.6 Å². The van der Waals surface area contributed by atoms with Gasteiger partial charge in [-0.3, -0.25) is 9.59 Å². The molecule has 5 aliphatic rings. The molecule has 0 bridgehead atoms. The molecule has 0 atom stereocenters. The molecule has 6 nitrogen and oxygen atoms in total. The van der Waals surface area contributed by atoms with Gasteiger partial charge in [0.25, 0.3) is 0 Å². The lowest BCUT2D eigenvalue weighted by atomic mass is 9.61. The third kappa shape index (κ3) is 16.7. The molecular formula is C121H112F4N4O2S4. The summed E-state index contributed by atoms with van der Waals surface area (Å²) in [5.41, 5.74) is 18.6. The van der Waals surface area contributed by atoms with Gasteiger partial charge < -0.3 is 0 Å². The predicted molar refractivity (Wildman–Crippen MR) is 548 cm³/mol. The molecule has 0 fully saturated rings. The van der Waals surface area contributed by atoms with Crippen LogP contribution in [-0.2, 0) is 54.8 Å². The van der Waals surface area contributed by atoms with Crippen LogP contribution >= 0.6 is 45.3 Å². The SMILES string of the molecule is CCCCCCc1ccc(C2(c3ccc(CCCCCC)cc3)c3cc4c(cc3-c3sc5c(c32)C(c2ccc(CCCCCC)cc2)(c2ccc(CCCCCC)cc2)c2cc(/C=C3\C(=O)c6cc(F)c(F)cc6C3=C(C#N)C#N)sc2-5)C(c2ccc(CCCCCC)cc2)(c2ccc(CCCCCC)cc2)c2c-4sc3cc(/C=C4\C(=O)c5cc(F)c(F)cc5C4=C(C#N)C#N)sc23)cc1. The Kier molecular flexibility index (Phi) is 28.0. The molecule has 5 aliphatic carbocycles. The Morgan fingerprint density at radius 3 is 0.881 bits per heavy atom. The van der Waals surface area contributed by atoms with E-state index in [0.29, 0.717) is 9.75 Å². The van der Waals surface area contributed by atoms with E-state index in [0.717, 1.165) is 318 Å². The van der Waals surface area contributed by atoms with Gasteiger partial charge in [0.05, 0.1) is 30.7 Å². The maximum Gasteiger partial charge on any atom is 0.194 e. The summed E-state index contributed by atoms with van der Waals surface area (Å²) in [6.07, 6.45) is 35.6. The highest BCUT2D eigenvalue weighted by Gasteiger charge is 2.60. The fourth-order valence-electron chi connectivity index (χ4n) is 22.4. The minimum Gasteiger partial charge on any atom is -0.289 e. The minimum atomic E-state index is -1.21. The van der Waals surface area contributed by atoms with E-state index in [-0.39, 0.29) is 55.7 Å². The number of hydrogen-bond acceptors (Lipinski definition) is 10. The Balaban J connectivity index is 0.974. The molecule has 4 heterocycles. The molecule has 9 aromatic carbocycles. The van der Waals surface area contributed by atoms with E-state index in [2.05, 4.69) is 211 Å². The molecule has 680 valence electrons. The van der Waals surface area contributed by atoms with Crippen molar-refractivity contribution in [3.8, 4) is 54.9 Å². The fraction of sp³-hybridized carbons (Fsp3) is 0.322. The normalized spacial score (nSPS) is 14.8. The van der Waals surface area contributed by atoms with Crippen molar-refractivity contribution in [3.63, 3.8) is 0 Å². The zero-order valence-corrected chi connectivity index (χ0v) is 81.4. The molecule has 0 spiro atoms. The zero-order chi connectivity index (χ0) is 93.8. The number of nitrogens with zero attached hydrogens (tertiary/aromatic N) is 4. The monoisotopic (exact) mass is 1860 g/mol. The maximum atomic E-state index is 15.7. The largest absolute Gasteiger partial charge is 0.289 e. The first-order valence-corrected chi connectivity index (χ1v) is 52.5. The second-order valence-electron chi connectivity index (χ2n) is 37.6. The molecule has 14 heteroatoms. The number of fused-ring (bicyclic) bond motifs is 14. The number of benzene rings is 9. The fourth-order valence-corrected chi connectivity index (χ4v) is 27.8. The van der Waals surface area contributed by atoms with Gasteiger partial charge >= 0.3 is 0 Å². The van der Waals surface area contributed by atoms with Crippen LogP contribution in [0.1, 0.15) is 337 Å². The van der Waals surface area contributed by atoms with E-state index in [4.69, 9.17) is 0 Å². The lowest BCUT2D eigenvalue weighted by Gasteiger charge is -2.40. The number of unbranched alkanes of at least 4 members (excludes halogenated alkanes) is 18. The van der Waals surface area contributed by atoms with E-state index < -0.39 is 51.1 Å². The number of hydrogen-bond donors (Lipinski definition) is 0. The number of carbonyl (C=O) groups is 2. The van der Waals surface area contributed by atoms with E-state index in [1.165, 1.54) is 50.3 Å². The number of Topliss-reactive ketones (excluding diaryl/α,β-unsaturated/α-hetero) is 2. The lowest BCUT2D eigenvalue weighted by Crippen LogP contribution is -2.35. The van der Waals surface area contributed by atoms with Crippen LogP contribution in [0.4, 0.5) is 17.6 Å². The van der Waals surface area contributed by atoms with E-state index in [1.807, 2.05) is 35.6 Å². The molecule has 0 radical (unpaired) electrons. The van der Waals surface area contributed by atoms with Gasteiger partial charge in [-0.1, -0.05) is 303 Å². The minimum absolute atomic E-state index is 0.00399. The maximum absolute atomic E-state index is 15.7. The van der Waals surface area contributed by atoms with Crippen molar-refractivity contribution in [1.82, 2.24) is 0 Å². The van der Waals surface area contributed by atoms with Gasteiger partial charge in [-0.2, -0.15) is 21.0 Å². The van der Waals surface area contributed by atoms with Crippen molar-refractivity contribution in [2.45, 2.75) is 250 Å². The molecule has 0 unspecified atom stereocenters. The number of ketones is 2. The summed E-state index contributed by atoms with van der Waals surface area (Å²) in [6, 6.07) is 78.2. The highest BCUT2D eigenvalue weighted by atomic mass is 32.1. The van der Waals surface area contributed by atoms with Crippen molar-refractivity contribution < 1.29 is 27.2 Å². The van der Waals surface area contributed by atoms with Gasteiger partial charge in [-0.05, 0) is 255 Å². The van der Waals surface area contributed by atoms with Crippen molar-refractivity contribution in [2.24, 2.45) is 0 Å². The van der Waals surface area contributed by atoms with Crippen LogP contribution in [0.15, 0.2) is 216 Å². The molecule has 0 saturated carbocycles. The van der Waals surface area contributed by atoms with Crippen LogP contribution in [0.5, 0.6) is 0 Å². The third-order valence-electron chi connectivity index (χ3n) is 29.2. The Labute approximate surface area is 808 Å². The van der Waals surface area contributed by atoms with Gasteiger partial charge in [0.1, 0.15) is 35.4 Å². The summed E-state index contributed by atoms with van der Waals surface area (Å²) < 4.78 is 64.2. The second-order valence-corrected chi connectivity index (χ2v) is 41.9. The van der Waals surface area contributed by atoms with Crippen LogP contribution in [0, 0.1) is 68.6 Å². The molecule has 0 aliphatic heterocycles. The quantitative estimate of drug-likeness (QED) is 0.0164. The average molecular weight is 1860 g/mol. The summed E-state index contributed by atoms with van der Waals surface area (Å²) >= 11 is 6.63. The first-order valence-electron chi connectivity index (χ1n) is 49.3. The molecule has 0 amide bonds. The molecule has 135 heavy (non-hydrogen) atoms. The third-order valence-corrected chi connectivity index (χ3v) is 34.0. The highest BCUT2D eigenvalue weighted by molar-refractivity contribution is 7.30. The number of thiophene rings is 4. The first kappa shape index (κ1) is 93.4. The van der Waals surface area contributed by atoms with Crippen LogP contribution in [-0.4, -0.2) is 11.6 Å². The Morgan fingerprint density at radius 2 is 0.570 bits per heavy atom. The first-order chi connectivity index (χ1) is 66.0. The molecule has 4 aromatic heterocycles. The number of carbonyl (C=O) groups excluding carboxylic acids is 2. The predicted octanol–water partition coefficient (Wildman–Crippen LogP) is 33.6. The zero-order valence-electron chi connectivity index (χ0n) is 78.1. The number of halogens is 4. The van der Waals surface area contributed by atoms with Gasteiger partial charge in [0.2, 0.25) is 0 Å². The van der Waals surface area contributed by atoms with Gasteiger partial charge in [-0.15, -0.1) is 45.3 Å². The lowest BCUT2D eigenvalue weighted by molar-refractivity contribution is 0.103. The van der Waals surface area contributed by atoms with Crippen LogP contribution < -0.4 is 0 Å². The van der Waals surface area contributed by atoms with Crippen molar-refractivity contribution in [1.29, 1.82) is 21.0 Å². The number of allylic oxidation sites excluding steroid dienone is 6. The number of aryl methyl sites for hydroxylation is 6. The second kappa shape index (κ2) is 40.5. The van der Waals surface area contributed by atoms with Crippen LogP contribution in [0.3, 0.4) is 0 Å². The molecule has 0 N–H and O–H groups in total. The summed E-state index contributed by atoms with van der Waals surface area (Å²) in [6.45, 7) is 13.5. The van der Waals surface area contributed by atoms with E-state index in [9.17, 15) is 25.8 Å². The average Bonchev–Trinajstić information content (AvgIpc) is 1.47. The summed E-state index contributed by atoms with van der Waals surface area (Å²) in [5, 5.41) is 42.8. The molecule has 18 rings (SSSR count). The Morgan fingerprint density at radius 1 is 0.289 bits per heavy atom. The Hall–Kier alpha value is -12.0. The van der Waals surface area contributed by atoms with Crippen molar-refractivity contribution in [3.05, 3.63) is 372 Å². The smallest absolute Gasteiger partial charge is 0.194 e. The Bertz CT molecular complexity index is 6860. The highest BCUT2D eigenvalue weighted by Crippen LogP contribution is 2.73. The van der Waals surface area contributed by atoms with Crippen LogP contribution in [0.2, 0.25) is 0 Å². The van der Waals surface area contributed by atoms with Crippen LogP contribution in [0.25, 0.3) is 63.3 Å². The van der Waals surface area contributed by atoms with Crippen molar-refractivity contribution in [2.75, 3.05) is 0 Å². The van der Waals surface area contributed by atoms with Crippen molar-refractivity contribution >= 4 is 89.6 Å².